The topological polar surface area (TPSA) is 77.2 Å². The Morgan fingerprint density at radius 3 is 2.62 bits per heavy atom. The summed E-state index contributed by atoms with van der Waals surface area (Å²) in [4.78, 5) is 17.3. The zero-order chi connectivity index (χ0) is 18.2. The number of thiazole rings is 1. The lowest BCUT2D eigenvalue weighted by Crippen LogP contribution is -2.74. The number of nitrogens with two attached hydrogens (primary N) is 1. The number of amides is 1. The highest BCUT2D eigenvalue weighted by atomic mass is 35.5. The van der Waals surface area contributed by atoms with Gasteiger partial charge in [0.1, 0.15) is 5.54 Å². The van der Waals surface area contributed by atoms with Crippen molar-refractivity contribution < 1.29 is 9.53 Å². The first-order valence-corrected chi connectivity index (χ1v) is 9.40. The fourth-order valence-corrected chi connectivity index (χ4v) is 3.93. The molecule has 5 nitrogen and oxygen atoms in total. The van der Waals surface area contributed by atoms with Crippen LogP contribution in [0.4, 0.5) is 5.13 Å². The van der Waals surface area contributed by atoms with E-state index in [2.05, 4.69) is 10.3 Å². The van der Waals surface area contributed by atoms with Crippen molar-refractivity contribution in [2.45, 2.75) is 45.8 Å². The third-order valence-corrected chi connectivity index (χ3v) is 6.06. The van der Waals surface area contributed by atoms with E-state index >= 15 is 0 Å². The van der Waals surface area contributed by atoms with Gasteiger partial charge >= 0.3 is 0 Å². The molecule has 0 bridgehead atoms. The Morgan fingerprint density at radius 2 is 2.04 bits per heavy atom. The lowest BCUT2D eigenvalue weighted by Gasteiger charge is -2.57. The second kappa shape index (κ2) is 7.64. The Bertz CT molecular complexity index is 775. The van der Waals surface area contributed by atoms with Gasteiger partial charge in [-0.05, 0) is 13.8 Å². The first-order chi connectivity index (χ1) is 11.8. The number of carbonyl (C=O) groups excluding carboxylic acids is 1. The minimum Gasteiger partial charge on any atom is -0.378 e. The zero-order valence-corrected chi connectivity index (χ0v) is 17.2. The number of hydrogen-bond acceptors (Lipinski definition) is 5. The molecule has 2 unspecified atom stereocenters. The van der Waals surface area contributed by atoms with Gasteiger partial charge in [-0.3, -0.25) is 4.79 Å². The molecular formula is C19H26ClN3O2S. The molecule has 1 aromatic heterocycles. The van der Waals surface area contributed by atoms with Crippen molar-refractivity contribution in [1.29, 1.82) is 0 Å². The van der Waals surface area contributed by atoms with Crippen LogP contribution in [-0.4, -0.2) is 29.1 Å². The summed E-state index contributed by atoms with van der Waals surface area (Å²) in [6.45, 7) is 8.59. The molecule has 1 aliphatic rings. The number of carbonyl (C=O) groups is 1. The van der Waals surface area contributed by atoms with Crippen molar-refractivity contribution in [2.24, 2.45) is 11.1 Å². The molecule has 2 aromatic rings. The predicted octanol–water partition coefficient (Wildman–Crippen LogP) is 4.01. The summed E-state index contributed by atoms with van der Waals surface area (Å²) in [5.74, 6) is -0.196. The number of hydrogen-bond donors (Lipinski definition) is 2. The molecule has 142 valence electrons. The molecule has 1 saturated carbocycles. The van der Waals surface area contributed by atoms with Crippen molar-refractivity contribution >= 4 is 34.8 Å². The minimum atomic E-state index is -0.942. The SMILES string of the molecule is CCOC1CC(N)(C(=O)Nc2nc(-c3ccc(C)cc3)cs2)C1(C)C.Cl. The number of halogens is 1. The van der Waals surface area contributed by atoms with Crippen LogP contribution in [0.25, 0.3) is 11.3 Å². The molecule has 0 spiro atoms. The fraction of sp³-hybridized carbons (Fsp3) is 0.474. The van der Waals surface area contributed by atoms with Gasteiger partial charge in [0, 0.05) is 29.4 Å². The van der Waals surface area contributed by atoms with E-state index in [0.29, 0.717) is 18.2 Å². The smallest absolute Gasteiger partial charge is 0.246 e. The van der Waals surface area contributed by atoms with Crippen molar-refractivity contribution in [3.05, 3.63) is 35.2 Å². The Kier molecular flexibility index (Phi) is 6.13. The monoisotopic (exact) mass is 395 g/mol. The van der Waals surface area contributed by atoms with Crippen LogP contribution in [0.2, 0.25) is 0 Å². The highest BCUT2D eigenvalue weighted by Crippen LogP contribution is 2.50. The first-order valence-electron chi connectivity index (χ1n) is 8.52. The summed E-state index contributed by atoms with van der Waals surface area (Å²) in [5, 5.41) is 5.41. The summed E-state index contributed by atoms with van der Waals surface area (Å²) in [5.41, 5.74) is 8.15. The standard InChI is InChI=1S/C19H25N3O2S.ClH/c1-5-24-15-10-19(20,18(15,3)4)16(23)22-17-21-14(11-25-17)13-8-6-12(2)7-9-13;/h6-9,11,15H,5,10,20H2,1-4H3,(H,21,22,23);1H. The van der Waals surface area contributed by atoms with Crippen LogP contribution in [0.15, 0.2) is 29.6 Å². The molecule has 1 aromatic carbocycles. The van der Waals surface area contributed by atoms with Gasteiger partial charge in [-0.2, -0.15) is 0 Å². The van der Waals surface area contributed by atoms with Crippen LogP contribution in [0.3, 0.4) is 0 Å². The van der Waals surface area contributed by atoms with Gasteiger partial charge in [-0.15, -0.1) is 23.7 Å². The van der Waals surface area contributed by atoms with E-state index in [1.54, 1.807) is 0 Å². The van der Waals surface area contributed by atoms with Gasteiger partial charge in [0.25, 0.3) is 0 Å². The number of benzene rings is 1. The van der Waals surface area contributed by atoms with E-state index in [-0.39, 0.29) is 24.4 Å². The summed E-state index contributed by atoms with van der Waals surface area (Å²) in [7, 11) is 0. The first kappa shape index (κ1) is 20.8. The van der Waals surface area contributed by atoms with E-state index in [4.69, 9.17) is 10.5 Å². The van der Waals surface area contributed by atoms with Crippen LogP contribution in [0.1, 0.15) is 32.8 Å². The fourth-order valence-electron chi connectivity index (χ4n) is 3.22. The summed E-state index contributed by atoms with van der Waals surface area (Å²) in [6, 6.07) is 8.16. The molecule has 1 amide bonds. The second-order valence-electron chi connectivity index (χ2n) is 7.20. The Labute approximate surface area is 164 Å². The average Bonchev–Trinajstić information content (AvgIpc) is 3.03. The van der Waals surface area contributed by atoms with Gasteiger partial charge in [0.05, 0.1) is 11.8 Å². The van der Waals surface area contributed by atoms with Gasteiger partial charge in [-0.25, -0.2) is 4.98 Å². The van der Waals surface area contributed by atoms with Gasteiger partial charge in [-0.1, -0.05) is 43.7 Å². The van der Waals surface area contributed by atoms with Crippen LogP contribution in [0.5, 0.6) is 0 Å². The summed E-state index contributed by atoms with van der Waals surface area (Å²) < 4.78 is 5.69. The van der Waals surface area contributed by atoms with Crippen molar-refractivity contribution in [2.75, 3.05) is 11.9 Å². The number of aromatic nitrogens is 1. The zero-order valence-electron chi connectivity index (χ0n) is 15.5. The van der Waals surface area contributed by atoms with Crippen LogP contribution >= 0.6 is 23.7 Å². The number of rotatable bonds is 5. The predicted molar refractivity (Wildman–Crippen MR) is 109 cm³/mol. The maximum absolute atomic E-state index is 12.7. The molecule has 3 rings (SSSR count). The number of ether oxygens (including phenoxy) is 1. The normalized spacial score (nSPS) is 23.7. The quantitative estimate of drug-likeness (QED) is 0.801. The molecule has 1 heterocycles. The highest BCUT2D eigenvalue weighted by molar-refractivity contribution is 7.14. The molecule has 7 heteroatoms. The molecule has 1 aliphatic carbocycles. The second-order valence-corrected chi connectivity index (χ2v) is 8.06. The Morgan fingerprint density at radius 1 is 1.38 bits per heavy atom. The number of nitrogens with zero attached hydrogens (tertiary/aromatic N) is 1. The van der Waals surface area contributed by atoms with E-state index in [0.717, 1.165) is 11.3 Å². The summed E-state index contributed by atoms with van der Waals surface area (Å²) in [6.07, 6.45) is 0.531. The maximum Gasteiger partial charge on any atom is 0.246 e. The van der Waals surface area contributed by atoms with Gasteiger partial charge in [0.2, 0.25) is 5.91 Å². The summed E-state index contributed by atoms with van der Waals surface area (Å²) >= 11 is 1.41. The largest absolute Gasteiger partial charge is 0.378 e. The van der Waals surface area contributed by atoms with E-state index < -0.39 is 11.0 Å². The van der Waals surface area contributed by atoms with Crippen molar-refractivity contribution in [3.8, 4) is 11.3 Å². The number of anilines is 1. The lowest BCUT2D eigenvalue weighted by molar-refractivity contribution is -0.166. The third-order valence-electron chi connectivity index (χ3n) is 5.31. The van der Waals surface area contributed by atoms with Gasteiger partial charge in [0.15, 0.2) is 5.13 Å². The molecule has 0 radical (unpaired) electrons. The Hall–Kier alpha value is -1.47. The molecule has 26 heavy (non-hydrogen) atoms. The van der Waals surface area contributed by atoms with E-state index in [1.807, 2.05) is 57.3 Å². The molecule has 2 atom stereocenters. The molecular weight excluding hydrogens is 370 g/mol. The average molecular weight is 396 g/mol. The van der Waals surface area contributed by atoms with Gasteiger partial charge < -0.3 is 15.8 Å². The van der Waals surface area contributed by atoms with Crippen molar-refractivity contribution in [3.63, 3.8) is 0 Å². The van der Waals surface area contributed by atoms with Crippen LogP contribution in [-0.2, 0) is 9.53 Å². The minimum absolute atomic E-state index is 0. The molecule has 0 saturated heterocycles. The van der Waals surface area contributed by atoms with E-state index in [9.17, 15) is 4.79 Å². The highest BCUT2D eigenvalue weighted by Gasteiger charge is 2.63. The third kappa shape index (κ3) is 3.51. The maximum atomic E-state index is 12.7. The van der Waals surface area contributed by atoms with Crippen LogP contribution in [0, 0.1) is 12.3 Å². The van der Waals surface area contributed by atoms with Crippen LogP contribution < -0.4 is 11.1 Å². The van der Waals surface area contributed by atoms with Crippen molar-refractivity contribution in [1.82, 2.24) is 4.98 Å². The molecule has 1 fully saturated rings. The van der Waals surface area contributed by atoms with E-state index in [1.165, 1.54) is 16.9 Å². The Balaban J connectivity index is 0.00000243. The number of aryl methyl sites for hydroxylation is 1. The number of nitrogens with one attached hydrogen (secondary N) is 1. The molecule has 3 N–H and O–H groups in total. The lowest BCUT2D eigenvalue weighted by atomic mass is 9.54. The molecule has 0 aliphatic heterocycles.